The molecule has 0 saturated carbocycles. The first-order valence-corrected chi connectivity index (χ1v) is 5.95. The van der Waals surface area contributed by atoms with Gasteiger partial charge in [-0.25, -0.2) is 0 Å². The molecule has 2 aromatic heterocycles. The second-order valence-corrected chi connectivity index (χ2v) is 4.27. The molecule has 0 bridgehead atoms. The number of aromatic nitrogens is 1. The molecule has 0 fully saturated rings. The topological polar surface area (TPSA) is 35.1 Å². The van der Waals surface area contributed by atoms with Gasteiger partial charge in [-0.3, -0.25) is 4.79 Å². The van der Waals surface area contributed by atoms with Gasteiger partial charge in [0.1, 0.15) is 5.76 Å². The number of carbonyl (C=O) groups is 1. The summed E-state index contributed by atoms with van der Waals surface area (Å²) in [6.45, 7) is 4.54. The van der Waals surface area contributed by atoms with Crippen LogP contribution in [0.15, 0.2) is 28.9 Å². The maximum atomic E-state index is 11.6. The molecule has 2 aromatic rings. The van der Waals surface area contributed by atoms with Crippen molar-refractivity contribution in [3.8, 4) is 0 Å². The molecular weight excluding hydrogens is 238 g/mol. The first kappa shape index (κ1) is 12.0. The van der Waals surface area contributed by atoms with Crippen LogP contribution in [0.2, 0.25) is 0 Å². The van der Waals surface area contributed by atoms with Gasteiger partial charge in [0.2, 0.25) is 0 Å². The van der Waals surface area contributed by atoms with Gasteiger partial charge in [0.25, 0.3) is 0 Å². The minimum Gasteiger partial charge on any atom is -0.467 e. The molecule has 0 aliphatic rings. The predicted molar refractivity (Wildman–Crippen MR) is 66.8 cm³/mol. The lowest BCUT2D eigenvalue weighted by Crippen LogP contribution is -2.06. The number of rotatable bonds is 4. The quantitative estimate of drug-likeness (QED) is 0.618. The van der Waals surface area contributed by atoms with E-state index in [2.05, 4.69) is 4.57 Å². The lowest BCUT2D eigenvalue weighted by Gasteiger charge is -2.07. The lowest BCUT2D eigenvalue weighted by atomic mass is 10.2. The Kier molecular flexibility index (Phi) is 3.38. The van der Waals surface area contributed by atoms with E-state index in [1.165, 1.54) is 0 Å². The predicted octanol–water partition coefficient (Wildman–Crippen LogP) is 3.17. The summed E-state index contributed by atoms with van der Waals surface area (Å²) >= 11 is 5.59. The molecule has 0 aromatic carbocycles. The minimum absolute atomic E-state index is 0.0189. The van der Waals surface area contributed by atoms with Gasteiger partial charge in [-0.15, -0.1) is 11.6 Å². The summed E-state index contributed by atoms with van der Waals surface area (Å²) in [5.74, 6) is 0.854. The molecule has 0 aliphatic heterocycles. The molecule has 2 heterocycles. The third-order valence-corrected chi connectivity index (χ3v) is 3.13. The third kappa shape index (κ3) is 2.29. The molecule has 0 spiro atoms. The number of nitrogens with zero attached hydrogens (tertiary/aromatic N) is 1. The van der Waals surface area contributed by atoms with Crippen LogP contribution in [0.3, 0.4) is 0 Å². The van der Waals surface area contributed by atoms with Crippen LogP contribution in [-0.2, 0) is 6.54 Å². The van der Waals surface area contributed by atoms with Crippen LogP contribution in [0, 0.1) is 13.8 Å². The van der Waals surface area contributed by atoms with Crippen LogP contribution >= 0.6 is 11.6 Å². The molecule has 0 radical (unpaired) electrons. The van der Waals surface area contributed by atoms with Crippen LogP contribution in [0.4, 0.5) is 0 Å². The van der Waals surface area contributed by atoms with Crippen molar-refractivity contribution in [3.05, 3.63) is 47.2 Å². The largest absolute Gasteiger partial charge is 0.467 e. The molecule has 2 rings (SSSR count). The highest BCUT2D eigenvalue weighted by atomic mass is 35.5. The van der Waals surface area contributed by atoms with Crippen molar-refractivity contribution in [2.24, 2.45) is 0 Å². The van der Waals surface area contributed by atoms with Gasteiger partial charge >= 0.3 is 0 Å². The van der Waals surface area contributed by atoms with E-state index in [9.17, 15) is 4.79 Å². The molecular formula is C13H14ClNO2. The van der Waals surface area contributed by atoms with Crippen LogP contribution in [0.25, 0.3) is 0 Å². The van der Waals surface area contributed by atoms with Gasteiger partial charge < -0.3 is 8.98 Å². The summed E-state index contributed by atoms with van der Waals surface area (Å²) in [5, 5.41) is 0. The molecule has 90 valence electrons. The Morgan fingerprint density at radius 2 is 2.24 bits per heavy atom. The van der Waals surface area contributed by atoms with Crippen molar-refractivity contribution in [2.75, 3.05) is 5.88 Å². The summed E-state index contributed by atoms with van der Waals surface area (Å²) < 4.78 is 7.37. The van der Waals surface area contributed by atoms with E-state index < -0.39 is 0 Å². The Balaban J connectivity index is 2.35. The molecule has 17 heavy (non-hydrogen) atoms. The molecule has 0 amide bonds. The van der Waals surface area contributed by atoms with E-state index in [1.807, 2.05) is 32.0 Å². The van der Waals surface area contributed by atoms with Crippen molar-refractivity contribution >= 4 is 17.4 Å². The van der Waals surface area contributed by atoms with Crippen molar-refractivity contribution in [3.63, 3.8) is 0 Å². The average molecular weight is 252 g/mol. The second-order valence-electron chi connectivity index (χ2n) is 4.01. The Hall–Kier alpha value is -1.48. The monoisotopic (exact) mass is 251 g/mol. The van der Waals surface area contributed by atoms with Crippen LogP contribution in [0.5, 0.6) is 0 Å². The van der Waals surface area contributed by atoms with E-state index >= 15 is 0 Å². The number of halogens is 1. The fraction of sp³-hybridized carbons (Fsp3) is 0.308. The van der Waals surface area contributed by atoms with E-state index in [0.29, 0.717) is 12.1 Å². The van der Waals surface area contributed by atoms with Gasteiger partial charge in [-0.05, 0) is 32.0 Å². The highest BCUT2D eigenvalue weighted by Crippen LogP contribution is 2.18. The fourth-order valence-electron chi connectivity index (χ4n) is 1.96. The van der Waals surface area contributed by atoms with Crippen molar-refractivity contribution in [1.29, 1.82) is 0 Å². The highest BCUT2D eigenvalue weighted by molar-refractivity contribution is 6.30. The molecule has 0 unspecified atom stereocenters. The van der Waals surface area contributed by atoms with Gasteiger partial charge in [-0.1, -0.05) is 0 Å². The standard InChI is InChI=1S/C13H14ClNO2/c1-9-6-12(13(16)7-14)10(2)15(9)8-11-4-3-5-17-11/h3-6H,7-8H2,1-2H3. The summed E-state index contributed by atoms with van der Waals surface area (Å²) in [6.07, 6.45) is 1.65. The Labute approximate surface area is 105 Å². The molecule has 0 aliphatic carbocycles. The third-order valence-electron chi connectivity index (χ3n) is 2.89. The minimum atomic E-state index is -0.0366. The number of ketones is 1. The average Bonchev–Trinajstić information content (AvgIpc) is 2.91. The maximum absolute atomic E-state index is 11.6. The number of Topliss-reactive ketones (excluding diaryl/α,β-unsaturated/α-hetero) is 1. The molecule has 3 nitrogen and oxygen atoms in total. The number of carbonyl (C=O) groups excluding carboxylic acids is 1. The van der Waals surface area contributed by atoms with Gasteiger partial charge in [0.05, 0.1) is 18.7 Å². The summed E-state index contributed by atoms with van der Waals surface area (Å²) in [7, 11) is 0. The SMILES string of the molecule is Cc1cc(C(=O)CCl)c(C)n1Cc1ccco1. The molecule has 4 heteroatoms. The zero-order chi connectivity index (χ0) is 12.4. The Morgan fingerprint density at radius 3 is 2.82 bits per heavy atom. The maximum Gasteiger partial charge on any atom is 0.179 e. The van der Waals surface area contributed by atoms with E-state index in [1.54, 1.807) is 6.26 Å². The summed E-state index contributed by atoms with van der Waals surface area (Å²) in [6, 6.07) is 5.65. The lowest BCUT2D eigenvalue weighted by molar-refractivity contribution is 0.102. The van der Waals surface area contributed by atoms with Crippen molar-refractivity contribution in [2.45, 2.75) is 20.4 Å². The first-order valence-electron chi connectivity index (χ1n) is 5.41. The van der Waals surface area contributed by atoms with E-state index in [-0.39, 0.29) is 11.7 Å². The second kappa shape index (κ2) is 4.80. The molecule has 0 N–H and O–H groups in total. The summed E-state index contributed by atoms with van der Waals surface area (Å²) in [5.41, 5.74) is 2.67. The number of aryl methyl sites for hydroxylation is 1. The zero-order valence-corrected chi connectivity index (χ0v) is 10.6. The van der Waals surface area contributed by atoms with Crippen LogP contribution < -0.4 is 0 Å². The fourth-order valence-corrected chi connectivity index (χ4v) is 2.10. The molecule has 0 saturated heterocycles. The smallest absolute Gasteiger partial charge is 0.179 e. The number of hydrogen-bond acceptors (Lipinski definition) is 2. The zero-order valence-electron chi connectivity index (χ0n) is 9.87. The molecule has 0 atom stereocenters. The van der Waals surface area contributed by atoms with E-state index in [0.717, 1.165) is 17.1 Å². The number of hydrogen-bond donors (Lipinski definition) is 0. The highest BCUT2D eigenvalue weighted by Gasteiger charge is 2.15. The Morgan fingerprint density at radius 1 is 1.47 bits per heavy atom. The van der Waals surface area contributed by atoms with Crippen molar-refractivity contribution < 1.29 is 9.21 Å². The van der Waals surface area contributed by atoms with Gasteiger partial charge in [-0.2, -0.15) is 0 Å². The van der Waals surface area contributed by atoms with Gasteiger partial charge in [0.15, 0.2) is 5.78 Å². The van der Waals surface area contributed by atoms with E-state index in [4.69, 9.17) is 16.0 Å². The first-order chi connectivity index (χ1) is 8.13. The number of alkyl halides is 1. The van der Waals surface area contributed by atoms with Crippen LogP contribution in [0.1, 0.15) is 27.5 Å². The Bertz CT molecular complexity index is 526. The number of furan rings is 1. The van der Waals surface area contributed by atoms with Gasteiger partial charge in [0, 0.05) is 17.0 Å². The summed E-state index contributed by atoms with van der Waals surface area (Å²) in [4.78, 5) is 11.6. The normalized spacial score (nSPS) is 10.8. The van der Waals surface area contributed by atoms with Crippen molar-refractivity contribution in [1.82, 2.24) is 4.57 Å². The van der Waals surface area contributed by atoms with Crippen LogP contribution in [-0.4, -0.2) is 16.2 Å².